The topological polar surface area (TPSA) is 82.0 Å². The van der Waals surface area contributed by atoms with Crippen molar-refractivity contribution in [2.24, 2.45) is 0 Å². The molecule has 0 aromatic carbocycles. The number of anilines is 1. The van der Waals surface area contributed by atoms with Gasteiger partial charge >= 0.3 is 0 Å². The molecule has 15 heavy (non-hydrogen) atoms. The molecule has 82 valence electrons. The minimum Gasteiger partial charge on any atom is -0.383 e. The monoisotopic (exact) mass is 237 g/mol. The first-order valence-corrected chi connectivity index (χ1v) is 4.28. The average Bonchev–Trinajstić information content (AvgIpc) is 2.15. The van der Waals surface area contributed by atoms with Gasteiger partial charge in [-0.25, -0.2) is 13.8 Å². The fraction of sp³-hybridized carbons (Fsp3) is 0.286. The third-order valence-electron chi connectivity index (χ3n) is 1.78. The van der Waals surface area contributed by atoms with Crippen molar-refractivity contribution in [3.63, 3.8) is 0 Å². The maximum absolute atomic E-state index is 12.5. The summed E-state index contributed by atoms with van der Waals surface area (Å²) in [6.07, 6.45) is -2.12. The zero-order chi connectivity index (χ0) is 11.6. The molecular weight excluding hydrogens is 232 g/mol. The molecule has 0 fully saturated rings. The van der Waals surface area contributed by atoms with Crippen LogP contribution in [0.15, 0.2) is 6.20 Å². The maximum Gasteiger partial charge on any atom is 0.292 e. The summed E-state index contributed by atoms with van der Waals surface area (Å²) in [5, 5.41) is 10.5. The van der Waals surface area contributed by atoms with E-state index >= 15 is 0 Å². The highest BCUT2D eigenvalue weighted by atomic mass is 35.5. The number of hydrogen-bond acceptors (Lipinski definition) is 4. The summed E-state index contributed by atoms with van der Waals surface area (Å²) in [5.41, 5.74) is 3.69. The maximum atomic E-state index is 12.5. The van der Waals surface area contributed by atoms with Gasteiger partial charge in [-0.05, 0) is 0 Å². The summed E-state index contributed by atoms with van der Waals surface area (Å²) in [4.78, 5) is 13.0. The number of rotatable bonds is 3. The summed E-state index contributed by atoms with van der Waals surface area (Å²) in [6.45, 7) is 0. The standard InChI is InChI=1S/C7H6ClF2N3O2/c8-1-3-4(13(14)15)2-12-7(11)5(3)6(9)10/h2,6H,1H2,(H2,11,12). The summed E-state index contributed by atoms with van der Waals surface area (Å²) >= 11 is 5.38. The van der Waals surface area contributed by atoms with Crippen molar-refractivity contribution < 1.29 is 13.7 Å². The number of hydrogen-bond donors (Lipinski definition) is 1. The molecule has 1 aromatic rings. The van der Waals surface area contributed by atoms with Gasteiger partial charge in [0.25, 0.3) is 12.1 Å². The Bertz CT molecular complexity index is 400. The Labute approximate surface area is 88.0 Å². The quantitative estimate of drug-likeness (QED) is 0.497. The van der Waals surface area contributed by atoms with E-state index in [-0.39, 0.29) is 5.56 Å². The van der Waals surface area contributed by atoms with E-state index in [1.54, 1.807) is 0 Å². The van der Waals surface area contributed by atoms with E-state index in [1.165, 1.54) is 0 Å². The van der Waals surface area contributed by atoms with Crippen LogP contribution in [-0.4, -0.2) is 9.91 Å². The number of nitrogens with zero attached hydrogens (tertiary/aromatic N) is 2. The van der Waals surface area contributed by atoms with Crippen molar-refractivity contribution >= 4 is 23.1 Å². The van der Waals surface area contributed by atoms with Crippen molar-refractivity contribution in [1.82, 2.24) is 4.98 Å². The van der Waals surface area contributed by atoms with Crippen molar-refractivity contribution in [1.29, 1.82) is 0 Å². The van der Waals surface area contributed by atoms with Crippen LogP contribution < -0.4 is 5.73 Å². The summed E-state index contributed by atoms with van der Waals surface area (Å²) < 4.78 is 25.0. The highest BCUT2D eigenvalue weighted by molar-refractivity contribution is 6.17. The van der Waals surface area contributed by atoms with Gasteiger partial charge in [0.15, 0.2) is 0 Å². The lowest BCUT2D eigenvalue weighted by atomic mass is 10.1. The molecule has 0 radical (unpaired) electrons. The van der Waals surface area contributed by atoms with E-state index in [9.17, 15) is 18.9 Å². The first kappa shape index (κ1) is 11.6. The van der Waals surface area contributed by atoms with Crippen LogP contribution in [0, 0.1) is 10.1 Å². The van der Waals surface area contributed by atoms with Crippen molar-refractivity contribution in [2.75, 3.05) is 5.73 Å². The van der Waals surface area contributed by atoms with Gasteiger partial charge in [-0.15, -0.1) is 11.6 Å². The molecule has 2 N–H and O–H groups in total. The molecule has 0 atom stereocenters. The van der Waals surface area contributed by atoms with Gasteiger partial charge in [0.2, 0.25) is 0 Å². The van der Waals surface area contributed by atoms with Crippen LogP contribution >= 0.6 is 11.6 Å². The summed E-state index contributed by atoms with van der Waals surface area (Å²) in [5.74, 6) is -0.853. The van der Waals surface area contributed by atoms with Crippen LogP contribution in [0.25, 0.3) is 0 Å². The minimum atomic E-state index is -2.94. The first-order chi connectivity index (χ1) is 6.99. The fourth-order valence-electron chi connectivity index (χ4n) is 1.11. The van der Waals surface area contributed by atoms with Crippen molar-refractivity contribution in [3.8, 4) is 0 Å². The van der Waals surface area contributed by atoms with Crippen LogP contribution in [0.4, 0.5) is 20.3 Å². The number of halogens is 3. The molecule has 1 heterocycles. The smallest absolute Gasteiger partial charge is 0.292 e. The number of nitrogen functional groups attached to an aromatic ring is 1. The second-order valence-electron chi connectivity index (χ2n) is 2.61. The lowest BCUT2D eigenvalue weighted by molar-refractivity contribution is -0.385. The van der Waals surface area contributed by atoms with Crippen LogP contribution in [0.2, 0.25) is 0 Å². The summed E-state index contributed by atoms with van der Waals surface area (Å²) in [7, 11) is 0. The van der Waals surface area contributed by atoms with Crippen LogP contribution in [0.1, 0.15) is 17.6 Å². The molecule has 8 heteroatoms. The highest BCUT2D eigenvalue weighted by Gasteiger charge is 2.25. The van der Waals surface area contributed by atoms with E-state index in [0.717, 1.165) is 6.20 Å². The minimum absolute atomic E-state index is 0.288. The van der Waals surface area contributed by atoms with E-state index in [1.807, 2.05) is 0 Å². The molecule has 0 aliphatic heterocycles. The molecular formula is C7H6ClF2N3O2. The number of nitrogens with two attached hydrogens (primary N) is 1. The predicted molar refractivity (Wildman–Crippen MR) is 49.8 cm³/mol. The van der Waals surface area contributed by atoms with E-state index in [2.05, 4.69) is 4.98 Å². The Balaban J connectivity index is 3.47. The van der Waals surface area contributed by atoms with Crippen LogP contribution in [0.3, 0.4) is 0 Å². The zero-order valence-corrected chi connectivity index (χ0v) is 8.04. The molecule has 0 aliphatic carbocycles. The molecule has 5 nitrogen and oxygen atoms in total. The second kappa shape index (κ2) is 4.35. The molecule has 0 aliphatic rings. The predicted octanol–water partition coefficient (Wildman–Crippen LogP) is 2.25. The van der Waals surface area contributed by atoms with Gasteiger partial charge in [-0.3, -0.25) is 10.1 Å². The third-order valence-corrected chi connectivity index (χ3v) is 2.05. The Morgan fingerprint density at radius 3 is 2.67 bits per heavy atom. The lowest BCUT2D eigenvalue weighted by Crippen LogP contribution is -2.06. The zero-order valence-electron chi connectivity index (χ0n) is 7.28. The van der Waals surface area contributed by atoms with Gasteiger partial charge in [0.05, 0.1) is 21.9 Å². The molecule has 0 amide bonds. The SMILES string of the molecule is Nc1ncc([N+](=O)[O-])c(CCl)c1C(F)F. The Morgan fingerprint density at radius 2 is 2.27 bits per heavy atom. The van der Waals surface area contributed by atoms with Gasteiger partial charge in [0.1, 0.15) is 12.0 Å². The number of aromatic nitrogens is 1. The van der Waals surface area contributed by atoms with Crippen LogP contribution in [0.5, 0.6) is 0 Å². The van der Waals surface area contributed by atoms with E-state index in [4.69, 9.17) is 17.3 Å². The van der Waals surface area contributed by atoms with Gasteiger partial charge in [-0.1, -0.05) is 0 Å². The number of nitro groups is 1. The Kier molecular flexibility index (Phi) is 3.35. The largest absolute Gasteiger partial charge is 0.383 e. The van der Waals surface area contributed by atoms with E-state index < -0.39 is 34.3 Å². The number of alkyl halides is 3. The fourth-order valence-corrected chi connectivity index (χ4v) is 1.39. The van der Waals surface area contributed by atoms with Crippen molar-refractivity contribution in [2.45, 2.75) is 12.3 Å². The molecule has 0 unspecified atom stereocenters. The Morgan fingerprint density at radius 1 is 1.67 bits per heavy atom. The lowest BCUT2D eigenvalue weighted by Gasteiger charge is -2.08. The normalized spacial score (nSPS) is 10.7. The Hall–Kier alpha value is -1.50. The second-order valence-corrected chi connectivity index (χ2v) is 2.88. The first-order valence-electron chi connectivity index (χ1n) is 3.74. The van der Waals surface area contributed by atoms with Crippen LogP contribution in [-0.2, 0) is 5.88 Å². The molecule has 0 saturated heterocycles. The molecule has 1 rings (SSSR count). The number of pyridine rings is 1. The van der Waals surface area contributed by atoms with E-state index in [0.29, 0.717) is 0 Å². The molecule has 0 spiro atoms. The van der Waals surface area contributed by atoms with Gasteiger partial charge in [0, 0.05) is 0 Å². The average molecular weight is 238 g/mol. The molecule has 0 saturated carbocycles. The third kappa shape index (κ3) is 2.12. The van der Waals surface area contributed by atoms with Crippen molar-refractivity contribution in [3.05, 3.63) is 27.4 Å². The molecule has 1 aromatic heterocycles. The van der Waals surface area contributed by atoms with Gasteiger partial charge in [-0.2, -0.15) is 0 Å². The molecule has 0 bridgehead atoms. The van der Waals surface area contributed by atoms with Gasteiger partial charge < -0.3 is 5.73 Å². The highest BCUT2D eigenvalue weighted by Crippen LogP contribution is 2.33. The summed E-state index contributed by atoms with van der Waals surface area (Å²) in [6, 6.07) is 0.